The van der Waals surface area contributed by atoms with Gasteiger partial charge < -0.3 is 15.8 Å². The quantitative estimate of drug-likeness (QED) is 0.456. The van der Waals surface area contributed by atoms with Crippen LogP contribution >= 0.6 is 0 Å². The molecule has 14 heavy (non-hydrogen) atoms. The summed E-state index contributed by atoms with van der Waals surface area (Å²) in [5.74, 6) is 0.571. The van der Waals surface area contributed by atoms with Crippen molar-refractivity contribution in [1.82, 2.24) is 5.32 Å². The van der Waals surface area contributed by atoms with E-state index in [0.29, 0.717) is 25.1 Å². The van der Waals surface area contributed by atoms with E-state index in [9.17, 15) is 0 Å². The molecule has 0 aromatic carbocycles. The Morgan fingerprint density at radius 2 is 2.14 bits per heavy atom. The minimum Gasteiger partial charge on any atom is -0.376 e. The first-order valence-electron chi connectivity index (χ1n) is 5.23. The van der Waals surface area contributed by atoms with E-state index >= 15 is 0 Å². The van der Waals surface area contributed by atoms with Crippen LogP contribution in [0.3, 0.4) is 0 Å². The van der Waals surface area contributed by atoms with Crippen molar-refractivity contribution < 1.29 is 4.74 Å². The molecule has 0 heterocycles. The highest BCUT2D eigenvalue weighted by atomic mass is 16.5. The molecule has 0 saturated heterocycles. The molecule has 0 aromatic rings. The fraction of sp³-hybridized carbons (Fsp3) is 0.818. The lowest BCUT2D eigenvalue weighted by Crippen LogP contribution is -2.41. The fourth-order valence-electron chi connectivity index (χ4n) is 1.15. The molecule has 1 unspecified atom stereocenters. The number of hydrogen-bond acceptors (Lipinski definition) is 3. The van der Waals surface area contributed by atoms with Crippen LogP contribution in [0.15, 0.2) is 12.2 Å². The van der Waals surface area contributed by atoms with Crippen molar-refractivity contribution in [3.8, 4) is 0 Å². The number of ether oxygens (including phenoxy) is 1. The molecule has 1 atom stereocenters. The van der Waals surface area contributed by atoms with Crippen LogP contribution in [0, 0.1) is 5.92 Å². The molecule has 0 rings (SSSR count). The van der Waals surface area contributed by atoms with Crippen molar-refractivity contribution in [3.63, 3.8) is 0 Å². The third-order valence-corrected chi connectivity index (χ3v) is 2.06. The van der Waals surface area contributed by atoms with E-state index in [1.807, 2.05) is 6.92 Å². The predicted molar refractivity (Wildman–Crippen MR) is 61.3 cm³/mol. The largest absolute Gasteiger partial charge is 0.376 e. The van der Waals surface area contributed by atoms with E-state index in [0.717, 1.165) is 18.7 Å². The van der Waals surface area contributed by atoms with Gasteiger partial charge in [-0.1, -0.05) is 26.0 Å². The van der Waals surface area contributed by atoms with E-state index in [2.05, 4.69) is 25.7 Å². The van der Waals surface area contributed by atoms with Gasteiger partial charge in [0.1, 0.15) is 0 Å². The molecule has 3 N–H and O–H groups in total. The maximum absolute atomic E-state index is 5.62. The average molecular weight is 200 g/mol. The Labute approximate surface area is 87.7 Å². The van der Waals surface area contributed by atoms with Gasteiger partial charge in [0.15, 0.2) is 0 Å². The van der Waals surface area contributed by atoms with Gasteiger partial charge in [-0.25, -0.2) is 0 Å². The van der Waals surface area contributed by atoms with Gasteiger partial charge in [0, 0.05) is 19.1 Å². The van der Waals surface area contributed by atoms with Crippen LogP contribution < -0.4 is 11.1 Å². The van der Waals surface area contributed by atoms with Crippen LogP contribution in [-0.2, 0) is 4.74 Å². The molecular weight excluding hydrogens is 176 g/mol. The van der Waals surface area contributed by atoms with Crippen molar-refractivity contribution in [3.05, 3.63) is 12.2 Å². The van der Waals surface area contributed by atoms with Gasteiger partial charge in [-0.3, -0.25) is 0 Å². The Balaban J connectivity index is 3.38. The molecule has 3 heteroatoms. The van der Waals surface area contributed by atoms with E-state index in [4.69, 9.17) is 10.5 Å². The number of hydrogen-bond donors (Lipinski definition) is 2. The van der Waals surface area contributed by atoms with Crippen molar-refractivity contribution >= 4 is 0 Å². The maximum Gasteiger partial charge on any atom is 0.0672 e. The van der Waals surface area contributed by atoms with Crippen LogP contribution in [0.1, 0.15) is 20.8 Å². The van der Waals surface area contributed by atoms with Crippen molar-refractivity contribution in [2.75, 3.05) is 26.3 Å². The van der Waals surface area contributed by atoms with Crippen molar-refractivity contribution in [2.45, 2.75) is 26.8 Å². The summed E-state index contributed by atoms with van der Waals surface area (Å²) >= 11 is 0. The Morgan fingerprint density at radius 3 is 2.57 bits per heavy atom. The van der Waals surface area contributed by atoms with Crippen LogP contribution in [0.4, 0.5) is 0 Å². The lowest BCUT2D eigenvalue weighted by Gasteiger charge is -2.20. The molecule has 0 amide bonds. The first kappa shape index (κ1) is 13.6. The average Bonchev–Trinajstić information content (AvgIpc) is 2.10. The summed E-state index contributed by atoms with van der Waals surface area (Å²) in [7, 11) is 0. The molecule has 0 aliphatic carbocycles. The summed E-state index contributed by atoms with van der Waals surface area (Å²) in [6.07, 6.45) is 0. The lowest BCUT2D eigenvalue weighted by atomic mass is 10.1. The van der Waals surface area contributed by atoms with Gasteiger partial charge in [0.2, 0.25) is 0 Å². The second-order valence-electron chi connectivity index (χ2n) is 4.05. The maximum atomic E-state index is 5.62. The monoisotopic (exact) mass is 200 g/mol. The number of rotatable bonds is 8. The third kappa shape index (κ3) is 7.06. The molecule has 0 saturated carbocycles. The highest BCUT2D eigenvalue weighted by molar-refractivity contribution is 4.87. The Kier molecular flexibility index (Phi) is 7.76. The minimum absolute atomic E-state index is 0.392. The molecule has 3 nitrogen and oxygen atoms in total. The Morgan fingerprint density at radius 1 is 1.50 bits per heavy atom. The topological polar surface area (TPSA) is 47.3 Å². The Bertz CT molecular complexity index is 157. The summed E-state index contributed by atoms with van der Waals surface area (Å²) in [6, 6.07) is 0.392. The van der Waals surface area contributed by atoms with Crippen molar-refractivity contribution in [2.24, 2.45) is 11.7 Å². The van der Waals surface area contributed by atoms with Gasteiger partial charge >= 0.3 is 0 Å². The normalized spacial score (nSPS) is 13.2. The second kappa shape index (κ2) is 7.97. The first-order valence-corrected chi connectivity index (χ1v) is 5.23. The zero-order valence-corrected chi connectivity index (χ0v) is 9.68. The smallest absolute Gasteiger partial charge is 0.0672 e. The second-order valence-corrected chi connectivity index (χ2v) is 4.05. The zero-order valence-electron chi connectivity index (χ0n) is 9.68. The molecule has 0 aromatic heterocycles. The van der Waals surface area contributed by atoms with E-state index in [1.165, 1.54) is 0 Å². The number of nitrogens with one attached hydrogen (secondary N) is 1. The zero-order chi connectivity index (χ0) is 11.0. The van der Waals surface area contributed by atoms with Gasteiger partial charge in [0.25, 0.3) is 0 Å². The predicted octanol–water partition coefficient (Wildman–Crippen LogP) is 1.15. The SMILES string of the molecule is C=C(C)COCCNC(CN)C(C)C. The summed E-state index contributed by atoms with van der Waals surface area (Å²) in [5.41, 5.74) is 6.68. The molecule has 0 radical (unpaired) electrons. The van der Waals surface area contributed by atoms with Gasteiger partial charge in [-0.15, -0.1) is 0 Å². The highest BCUT2D eigenvalue weighted by Crippen LogP contribution is 1.98. The first-order chi connectivity index (χ1) is 6.57. The van der Waals surface area contributed by atoms with E-state index < -0.39 is 0 Å². The summed E-state index contributed by atoms with van der Waals surface area (Å²) in [5, 5.41) is 3.36. The molecule has 0 fully saturated rings. The molecule has 0 aliphatic heterocycles. The van der Waals surface area contributed by atoms with Crippen molar-refractivity contribution in [1.29, 1.82) is 0 Å². The van der Waals surface area contributed by atoms with E-state index in [1.54, 1.807) is 0 Å². The summed E-state index contributed by atoms with van der Waals surface area (Å²) in [4.78, 5) is 0. The fourth-order valence-corrected chi connectivity index (χ4v) is 1.15. The lowest BCUT2D eigenvalue weighted by molar-refractivity contribution is 0.153. The minimum atomic E-state index is 0.392. The van der Waals surface area contributed by atoms with Gasteiger partial charge in [-0.2, -0.15) is 0 Å². The Hall–Kier alpha value is -0.380. The molecule has 84 valence electrons. The standard InChI is InChI=1S/C11H24N2O/c1-9(2)8-14-6-5-13-11(7-12)10(3)4/h10-11,13H,1,5-8,12H2,2-4H3. The number of nitrogens with two attached hydrogens (primary N) is 1. The van der Waals surface area contributed by atoms with Crippen LogP contribution in [0.2, 0.25) is 0 Å². The van der Waals surface area contributed by atoms with Crippen LogP contribution in [-0.4, -0.2) is 32.3 Å². The molecule has 0 aliphatic rings. The third-order valence-electron chi connectivity index (χ3n) is 2.06. The molecule has 0 spiro atoms. The summed E-state index contributed by atoms with van der Waals surface area (Å²) < 4.78 is 5.37. The van der Waals surface area contributed by atoms with E-state index in [-0.39, 0.29) is 0 Å². The molecule has 0 bridgehead atoms. The van der Waals surface area contributed by atoms with Gasteiger partial charge in [0.05, 0.1) is 13.2 Å². The van der Waals surface area contributed by atoms with Gasteiger partial charge in [-0.05, 0) is 12.8 Å². The summed E-state index contributed by atoms with van der Waals surface area (Å²) in [6.45, 7) is 13.0. The van der Waals surface area contributed by atoms with Crippen LogP contribution in [0.25, 0.3) is 0 Å². The highest BCUT2D eigenvalue weighted by Gasteiger charge is 2.09. The molecular formula is C11H24N2O. The van der Waals surface area contributed by atoms with Crippen LogP contribution in [0.5, 0.6) is 0 Å².